The van der Waals surface area contributed by atoms with Crippen LogP contribution in [0.25, 0.3) is 0 Å². The lowest BCUT2D eigenvalue weighted by atomic mass is 10.1. The Bertz CT molecular complexity index is 607. The van der Waals surface area contributed by atoms with E-state index in [1.54, 1.807) is 24.3 Å². The van der Waals surface area contributed by atoms with Crippen LogP contribution in [0.4, 0.5) is 25.0 Å². The van der Waals surface area contributed by atoms with E-state index < -0.39 is 12.0 Å². The molecule has 0 aliphatic rings. The highest BCUT2D eigenvalue weighted by Gasteiger charge is 2.28. The average Bonchev–Trinajstić information content (AvgIpc) is 2.48. The third kappa shape index (κ3) is 4.02. The summed E-state index contributed by atoms with van der Waals surface area (Å²) in [6, 6.07) is 14.1. The molecule has 2 rings (SSSR count). The van der Waals surface area contributed by atoms with Gasteiger partial charge in [-0.25, -0.2) is 13.6 Å². The fourth-order valence-electron chi connectivity index (χ4n) is 1.82. The molecule has 5 heteroatoms. The summed E-state index contributed by atoms with van der Waals surface area (Å²) in [7, 11) is 0. The van der Waals surface area contributed by atoms with Gasteiger partial charge < -0.3 is 10.6 Å². The molecule has 0 saturated heterocycles. The fraction of sp³-hybridized carbons (Fsp3) is 0.188. The lowest BCUT2D eigenvalue weighted by Gasteiger charge is -2.15. The largest absolute Gasteiger partial charge is 0.323 e. The van der Waals surface area contributed by atoms with Gasteiger partial charge in [-0.05, 0) is 24.3 Å². The second-order valence-electron chi connectivity index (χ2n) is 4.58. The highest BCUT2D eigenvalue weighted by atomic mass is 19.3. The van der Waals surface area contributed by atoms with E-state index in [9.17, 15) is 13.6 Å². The number of hydrogen-bond donors (Lipinski definition) is 2. The maximum absolute atomic E-state index is 13.5. The Morgan fingerprint density at radius 2 is 1.52 bits per heavy atom. The molecule has 114 valence electrons. The molecule has 0 bridgehead atoms. The standard InChI is InChI=1S/C16H16F2N2O.2H2/c1-2-16(17,18)12-8-10-14(11-9-12)20-15(21)19-13-6-4-3-5-7-13;;/h3-11H,2H2,1H3,(H2,19,20,21);2*1H. The van der Waals surface area contributed by atoms with Gasteiger partial charge in [0, 0.05) is 26.2 Å². The molecule has 2 aromatic rings. The highest BCUT2D eigenvalue weighted by Crippen LogP contribution is 2.31. The maximum Gasteiger partial charge on any atom is 0.323 e. The van der Waals surface area contributed by atoms with Crippen LogP contribution < -0.4 is 10.6 Å². The molecule has 0 radical (unpaired) electrons. The minimum atomic E-state index is -2.84. The third-order valence-electron chi connectivity index (χ3n) is 3.04. The first-order valence-electron chi connectivity index (χ1n) is 6.62. The van der Waals surface area contributed by atoms with Crippen LogP contribution in [-0.4, -0.2) is 6.03 Å². The van der Waals surface area contributed by atoms with Crippen molar-refractivity contribution in [1.82, 2.24) is 0 Å². The van der Waals surface area contributed by atoms with Crippen molar-refractivity contribution in [3.63, 3.8) is 0 Å². The van der Waals surface area contributed by atoms with E-state index in [4.69, 9.17) is 0 Å². The molecule has 2 aromatic carbocycles. The Morgan fingerprint density at radius 1 is 1.00 bits per heavy atom. The van der Waals surface area contributed by atoms with Gasteiger partial charge in [0.2, 0.25) is 0 Å². The first-order chi connectivity index (χ1) is 10.0. The summed E-state index contributed by atoms with van der Waals surface area (Å²) in [5.74, 6) is -2.84. The van der Waals surface area contributed by atoms with E-state index in [2.05, 4.69) is 10.6 Å². The number of alkyl halides is 2. The monoisotopic (exact) mass is 294 g/mol. The molecule has 2 amide bonds. The van der Waals surface area contributed by atoms with Crippen molar-refractivity contribution in [2.45, 2.75) is 19.3 Å². The molecular formula is C16H20F2N2O. The quantitative estimate of drug-likeness (QED) is 0.786. The molecule has 0 heterocycles. The maximum atomic E-state index is 13.5. The molecule has 0 atom stereocenters. The Balaban J connectivity index is 0.00000242. The van der Waals surface area contributed by atoms with Gasteiger partial charge in [0.15, 0.2) is 0 Å². The number of carbonyl (C=O) groups is 1. The average molecular weight is 294 g/mol. The van der Waals surface area contributed by atoms with Crippen molar-refractivity contribution in [2.24, 2.45) is 0 Å². The second kappa shape index (κ2) is 6.35. The van der Waals surface area contributed by atoms with E-state index in [1.807, 2.05) is 6.07 Å². The molecule has 0 spiro atoms. The first kappa shape index (κ1) is 15.0. The van der Waals surface area contributed by atoms with E-state index in [0.717, 1.165) is 0 Å². The van der Waals surface area contributed by atoms with Gasteiger partial charge in [-0.1, -0.05) is 37.3 Å². The highest BCUT2D eigenvalue weighted by molar-refractivity contribution is 5.99. The Morgan fingerprint density at radius 3 is 2.05 bits per heavy atom. The Kier molecular flexibility index (Phi) is 4.52. The summed E-state index contributed by atoms with van der Waals surface area (Å²) in [4.78, 5) is 11.7. The van der Waals surface area contributed by atoms with Crippen molar-refractivity contribution in [3.05, 3.63) is 60.2 Å². The van der Waals surface area contributed by atoms with Crippen molar-refractivity contribution < 1.29 is 16.4 Å². The summed E-state index contributed by atoms with van der Waals surface area (Å²) in [6.45, 7) is 1.43. The molecular weight excluding hydrogens is 274 g/mol. The van der Waals surface area contributed by atoms with Gasteiger partial charge in [-0.2, -0.15) is 0 Å². The molecule has 0 fully saturated rings. The predicted octanol–water partition coefficient (Wildman–Crippen LogP) is 5.32. The number of rotatable bonds is 4. The smallest absolute Gasteiger partial charge is 0.308 e. The van der Waals surface area contributed by atoms with Gasteiger partial charge in [0.1, 0.15) is 0 Å². The topological polar surface area (TPSA) is 41.1 Å². The van der Waals surface area contributed by atoms with Crippen LogP contribution in [0, 0.1) is 0 Å². The first-order valence-corrected chi connectivity index (χ1v) is 6.62. The number of amides is 2. The number of anilines is 2. The van der Waals surface area contributed by atoms with E-state index in [0.29, 0.717) is 11.4 Å². The van der Waals surface area contributed by atoms with Crippen molar-refractivity contribution in [1.29, 1.82) is 0 Å². The lowest BCUT2D eigenvalue weighted by molar-refractivity contribution is -0.00826. The second-order valence-corrected chi connectivity index (χ2v) is 4.58. The fourth-order valence-corrected chi connectivity index (χ4v) is 1.82. The van der Waals surface area contributed by atoms with Crippen LogP contribution in [0.15, 0.2) is 54.6 Å². The van der Waals surface area contributed by atoms with E-state index in [1.165, 1.54) is 31.2 Å². The van der Waals surface area contributed by atoms with Crippen LogP contribution in [0.3, 0.4) is 0 Å². The number of carbonyl (C=O) groups excluding carboxylic acids is 1. The molecule has 0 aromatic heterocycles. The molecule has 0 saturated carbocycles. The Labute approximate surface area is 125 Å². The van der Waals surface area contributed by atoms with E-state index in [-0.39, 0.29) is 14.8 Å². The zero-order chi connectivity index (χ0) is 15.3. The number of nitrogens with one attached hydrogen (secondary N) is 2. The zero-order valence-corrected chi connectivity index (χ0v) is 11.6. The zero-order valence-electron chi connectivity index (χ0n) is 11.6. The lowest BCUT2D eigenvalue weighted by Crippen LogP contribution is -2.19. The van der Waals surface area contributed by atoms with Crippen LogP contribution in [0.2, 0.25) is 0 Å². The molecule has 21 heavy (non-hydrogen) atoms. The van der Waals surface area contributed by atoms with Gasteiger partial charge in [-0.3, -0.25) is 0 Å². The normalized spacial score (nSPS) is 11.0. The van der Waals surface area contributed by atoms with Crippen molar-refractivity contribution >= 4 is 17.4 Å². The van der Waals surface area contributed by atoms with Crippen LogP contribution in [0.5, 0.6) is 0 Å². The molecule has 0 aliphatic heterocycles. The molecule has 2 N–H and O–H groups in total. The van der Waals surface area contributed by atoms with Crippen molar-refractivity contribution in [3.8, 4) is 0 Å². The summed E-state index contributed by atoms with van der Waals surface area (Å²) < 4.78 is 26.9. The SMILES string of the molecule is CCC(F)(F)c1ccc(NC(=O)Nc2ccccc2)cc1.[HH].[HH]. The summed E-state index contributed by atoms with van der Waals surface area (Å²) in [6.07, 6.45) is -0.256. The minimum Gasteiger partial charge on any atom is -0.308 e. The number of para-hydroxylation sites is 1. The number of hydrogen-bond acceptors (Lipinski definition) is 1. The molecule has 0 aliphatic carbocycles. The van der Waals surface area contributed by atoms with Gasteiger partial charge in [-0.15, -0.1) is 0 Å². The van der Waals surface area contributed by atoms with E-state index >= 15 is 0 Å². The predicted molar refractivity (Wildman–Crippen MR) is 83.9 cm³/mol. The Hall–Kier alpha value is -2.43. The van der Waals surface area contributed by atoms with Gasteiger partial charge >= 0.3 is 6.03 Å². The summed E-state index contributed by atoms with van der Waals surface area (Å²) >= 11 is 0. The number of urea groups is 1. The minimum absolute atomic E-state index is 0. The summed E-state index contributed by atoms with van der Waals surface area (Å²) in [5.41, 5.74) is 1.06. The van der Waals surface area contributed by atoms with Crippen LogP contribution in [0.1, 0.15) is 21.8 Å². The summed E-state index contributed by atoms with van der Waals surface area (Å²) in [5, 5.41) is 5.24. The van der Waals surface area contributed by atoms with Gasteiger partial charge in [0.25, 0.3) is 5.92 Å². The van der Waals surface area contributed by atoms with Crippen molar-refractivity contribution in [2.75, 3.05) is 10.6 Å². The van der Waals surface area contributed by atoms with Gasteiger partial charge in [0.05, 0.1) is 0 Å². The third-order valence-corrected chi connectivity index (χ3v) is 3.04. The van der Waals surface area contributed by atoms with Crippen LogP contribution in [-0.2, 0) is 5.92 Å². The molecule has 0 unspecified atom stereocenters. The number of benzene rings is 2. The number of halogens is 2. The molecule has 3 nitrogen and oxygen atoms in total. The van der Waals surface area contributed by atoms with Crippen LogP contribution >= 0.6 is 0 Å².